The number of aromatic nitrogens is 1. The number of rotatable bonds is 3. The van der Waals surface area contributed by atoms with Gasteiger partial charge in [-0.3, -0.25) is 4.79 Å². The third kappa shape index (κ3) is 3.90. The Morgan fingerprint density at radius 3 is 2.35 bits per heavy atom. The molecule has 0 aliphatic rings. The highest BCUT2D eigenvalue weighted by molar-refractivity contribution is 6.33. The summed E-state index contributed by atoms with van der Waals surface area (Å²) < 4.78 is 58.3. The number of benzene rings is 1. The summed E-state index contributed by atoms with van der Waals surface area (Å²) in [5.41, 5.74) is -3.13. The molecule has 1 heterocycles. The van der Waals surface area contributed by atoms with Gasteiger partial charge in [-0.2, -0.15) is 13.2 Å². The third-order valence-corrected chi connectivity index (χ3v) is 3.82. The molecule has 0 fully saturated rings. The number of esters is 1. The van der Waals surface area contributed by atoms with E-state index in [1.807, 2.05) is 0 Å². The highest BCUT2D eigenvalue weighted by Crippen LogP contribution is 2.31. The predicted molar refractivity (Wildman–Crippen MR) is 87.6 cm³/mol. The van der Waals surface area contributed by atoms with Crippen LogP contribution in [-0.4, -0.2) is 16.6 Å². The fourth-order valence-corrected chi connectivity index (χ4v) is 2.54. The van der Waals surface area contributed by atoms with Crippen LogP contribution in [0.3, 0.4) is 0 Å². The van der Waals surface area contributed by atoms with E-state index in [0.717, 1.165) is 25.2 Å². The Labute approximate surface area is 151 Å². The van der Waals surface area contributed by atoms with Gasteiger partial charge in [0.15, 0.2) is 0 Å². The highest BCUT2D eigenvalue weighted by atomic mass is 35.5. The van der Waals surface area contributed by atoms with Crippen molar-refractivity contribution >= 4 is 17.6 Å². The van der Waals surface area contributed by atoms with Crippen molar-refractivity contribution in [1.29, 1.82) is 0 Å². The van der Waals surface area contributed by atoms with Crippen LogP contribution < -0.4 is 5.56 Å². The minimum atomic E-state index is -4.74. The predicted octanol–water partition coefficient (Wildman–Crippen LogP) is 4.43. The fourth-order valence-electron chi connectivity index (χ4n) is 2.31. The van der Waals surface area contributed by atoms with Crippen molar-refractivity contribution in [3.63, 3.8) is 0 Å². The van der Waals surface area contributed by atoms with E-state index in [9.17, 15) is 27.2 Å². The zero-order valence-electron chi connectivity index (χ0n) is 13.9. The first-order valence-corrected chi connectivity index (χ1v) is 7.79. The maximum Gasteiger partial charge on any atom is 0.431 e. The number of carbonyl (C=O) groups is 1. The van der Waals surface area contributed by atoms with Gasteiger partial charge in [-0.15, -0.1) is 0 Å². The summed E-state index contributed by atoms with van der Waals surface area (Å²) in [7, 11) is 0.927. The normalized spacial score (nSPS) is 11.7. The molecular formula is C17H14ClF4NO3. The molecule has 140 valence electrons. The summed E-state index contributed by atoms with van der Waals surface area (Å²) in [6.45, 7) is 3.20. The van der Waals surface area contributed by atoms with Gasteiger partial charge < -0.3 is 9.30 Å². The number of alkyl halides is 3. The number of ether oxygens (including phenoxy) is 1. The van der Waals surface area contributed by atoms with Crippen molar-refractivity contribution in [3.8, 4) is 11.1 Å². The molecule has 0 spiro atoms. The number of pyridine rings is 1. The Kier molecular flexibility index (Phi) is 5.46. The van der Waals surface area contributed by atoms with Crippen LogP contribution in [-0.2, 0) is 18.0 Å². The minimum absolute atomic E-state index is 0.196. The van der Waals surface area contributed by atoms with Crippen molar-refractivity contribution in [2.75, 3.05) is 0 Å². The van der Waals surface area contributed by atoms with Crippen LogP contribution in [0.25, 0.3) is 11.1 Å². The van der Waals surface area contributed by atoms with Crippen LogP contribution in [0, 0.1) is 5.82 Å². The standard InChI is InChI=1S/C17H14ClF4NO3/c1-8(2)26-16(25)11-6-10(13(19)7-12(11)18)9-4-5-14(17(20,21)22)23(3)15(9)24/h4-8H,1-3H3. The van der Waals surface area contributed by atoms with E-state index in [1.165, 1.54) is 0 Å². The summed E-state index contributed by atoms with van der Waals surface area (Å²) in [5.74, 6) is -1.79. The summed E-state index contributed by atoms with van der Waals surface area (Å²) in [4.78, 5) is 24.3. The SMILES string of the molecule is CC(C)OC(=O)c1cc(-c2ccc(C(F)(F)F)n(C)c2=O)c(F)cc1Cl. The van der Waals surface area contributed by atoms with Crippen LogP contribution in [0.15, 0.2) is 29.1 Å². The molecule has 0 aliphatic carbocycles. The monoisotopic (exact) mass is 391 g/mol. The molecule has 0 radical (unpaired) electrons. The second kappa shape index (κ2) is 7.11. The second-order valence-electron chi connectivity index (χ2n) is 5.76. The molecule has 0 bridgehead atoms. The third-order valence-electron chi connectivity index (χ3n) is 3.50. The first-order valence-electron chi connectivity index (χ1n) is 7.41. The molecule has 0 unspecified atom stereocenters. The fraction of sp³-hybridized carbons (Fsp3) is 0.294. The lowest BCUT2D eigenvalue weighted by molar-refractivity contribution is -0.143. The number of nitrogens with zero attached hydrogens (tertiary/aromatic N) is 1. The minimum Gasteiger partial charge on any atom is -0.459 e. The summed E-state index contributed by atoms with van der Waals surface area (Å²) in [6.07, 6.45) is -5.21. The molecule has 0 saturated heterocycles. The first kappa shape index (κ1) is 20.0. The Balaban J connectivity index is 2.65. The maximum absolute atomic E-state index is 14.3. The van der Waals surface area contributed by atoms with Crippen molar-refractivity contribution in [2.45, 2.75) is 26.1 Å². The molecule has 26 heavy (non-hydrogen) atoms. The van der Waals surface area contributed by atoms with Gasteiger partial charge in [0.2, 0.25) is 0 Å². The van der Waals surface area contributed by atoms with Crippen LogP contribution in [0.1, 0.15) is 29.9 Å². The van der Waals surface area contributed by atoms with E-state index >= 15 is 0 Å². The van der Waals surface area contributed by atoms with E-state index in [0.29, 0.717) is 10.6 Å². The average Bonchev–Trinajstić information content (AvgIpc) is 2.48. The molecule has 0 N–H and O–H groups in total. The van der Waals surface area contributed by atoms with Crippen molar-refractivity contribution in [1.82, 2.24) is 4.57 Å². The molecule has 0 aliphatic heterocycles. The first-order chi connectivity index (χ1) is 11.9. The van der Waals surface area contributed by atoms with Gasteiger partial charge in [0.25, 0.3) is 5.56 Å². The molecule has 0 atom stereocenters. The van der Waals surface area contributed by atoms with Crippen molar-refractivity contribution in [3.05, 3.63) is 56.7 Å². The quantitative estimate of drug-likeness (QED) is 0.574. The van der Waals surface area contributed by atoms with Crippen molar-refractivity contribution < 1.29 is 27.1 Å². The molecule has 4 nitrogen and oxygen atoms in total. The molecule has 1 aromatic heterocycles. The Morgan fingerprint density at radius 2 is 1.81 bits per heavy atom. The van der Waals surface area contributed by atoms with E-state index in [4.69, 9.17) is 16.3 Å². The van der Waals surface area contributed by atoms with Gasteiger partial charge in [-0.05, 0) is 38.1 Å². The molecule has 0 amide bonds. The summed E-state index contributed by atoms with van der Waals surface area (Å²) >= 11 is 5.85. The zero-order chi connectivity index (χ0) is 19.8. The maximum atomic E-state index is 14.3. The molecule has 9 heteroatoms. The van der Waals surface area contributed by atoms with Crippen LogP contribution in [0.4, 0.5) is 17.6 Å². The molecule has 2 aromatic rings. The summed E-state index contributed by atoms with van der Waals surface area (Å²) in [5, 5.41) is -0.236. The molecule has 0 saturated carbocycles. The number of carbonyl (C=O) groups excluding carboxylic acids is 1. The molecular weight excluding hydrogens is 378 g/mol. The van der Waals surface area contributed by atoms with Crippen LogP contribution >= 0.6 is 11.6 Å². The zero-order valence-corrected chi connectivity index (χ0v) is 14.7. The van der Waals surface area contributed by atoms with Gasteiger partial charge in [0.05, 0.1) is 22.3 Å². The van der Waals surface area contributed by atoms with E-state index in [-0.39, 0.29) is 21.7 Å². The topological polar surface area (TPSA) is 48.3 Å². The lowest BCUT2D eigenvalue weighted by atomic mass is 10.0. The van der Waals surface area contributed by atoms with Gasteiger partial charge >= 0.3 is 12.1 Å². The van der Waals surface area contributed by atoms with Gasteiger partial charge in [-0.1, -0.05) is 11.6 Å². The van der Waals surface area contributed by atoms with Crippen molar-refractivity contribution in [2.24, 2.45) is 7.05 Å². The highest BCUT2D eigenvalue weighted by Gasteiger charge is 2.34. The van der Waals surface area contributed by atoms with Gasteiger partial charge in [0, 0.05) is 12.6 Å². The Bertz CT molecular complexity index is 919. The molecule has 1 aromatic carbocycles. The van der Waals surface area contributed by atoms with E-state index in [2.05, 4.69) is 0 Å². The number of halogens is 5. The number of hydrogen-bond acceptors (Lipinski definition) is 3. The number of hydrogen-bond donors (Lipinski definition) is 0. The van der Waals surface area contributed by atoms with E-state index in [1.54, 1.807) is 13.8 Å². The van der Waals surface area contributed by atoms with Crippen LogP contribution in [0.5, 0.6) is 0 Å². The Morgan fingerprint density at radius 1 is 1.19 bits per heavy atom. The lowest BCUT2D eigenvalue weighted by Crippen LogP contribution is -2.26. The largest absolute Gasteiger partial charge is 0.459 e. The molecule has 2 rings (SSSR count). The average molecular weight is 392 g/mol. The van der Waals surface area contributed by atoms with Gasteiger partial charge in [0.1, 0.15) is 11.5 Å². The van der Waals surface area contributed by atoms with E-state index < -0.39 is 35.3 Å². The second-order valence-corrected chi connectivity index (χ2v) is 6.17. The van der Waals surface area contributed by atoms with Crippen LogP contribution in [0.2, 0.25) is 5.02 Å². The smallest absolute Gasteiger partial charge is 0.431 e. The lowest BCUT2D eigenvalue weighted by Gasteiger charge is -2.14. The van der Waals surface area contributed by atoms with Gasteiger partial charge in [-0.25, -0.2) is 9.18 Å². The Hall–Kier alpha value is -2.35. The summed E-state index contributed by atoms with van der Waals surface area (Å²) in [6, 6.07) is 3.32.